The van der Waals surface area contributed by atoms with E-state index in [1.54, 1.807) is 4.90 Å². The van der Waals surface area contributed by atoms with E-state index >= 15 is 0 Å². The summed E-state index contributed by atoms with van der Waals surface area (Å²) in [4.78, 5) is 26.8. The van der Waals surface area contributed by atoms with E-state index in [-0.39, 0.29) is 6.03 Å². The molecule has 108 valence electrons. The number of rotatable bonds is 3. The lowest BCUT2D eigenvalue weighted by Gasteiger charge is -2.38. The Hall–Kier alpha value is -1.30. The van der Waals surface area contributed by atoms with Gasteiger partial charge in [0.2, 0.25) is 0 Å². The number of carboxylic acids is 1. The van der Waals surface area contributed by atoms with Crippen LogP contribution < -0.4 is 5.32 Å². The monoisotopic (exact) mass is 269 g/mol. The molecule has 2 aliphatic rings. The van der Waals surface area contributed by atoms with Gasteiger partial charge in [0.05, 0.1) is 0 Å². The number of hydrogen-bond donors (Lipinski definition) is 2. The topological polar surface area (TPSA) is 72.9 Å². The number of urea groups is 1. The molecular weight excluding hydrogens is 246 g/mol. The van der Waals surface area contributed by atoms with Crippen molar-refractivity contribution in [2.45, 2.75) is 44.7 Å². The molecular formula is C13H23N3O3. The number of aliphatic carboxylic acids is 1. The van der Waals surface area contributed by atoms with Gasteiger partial charge in [-0.1, -0.05) is 12.8 Å². The zero-order valence-electron chi connectivity index (χ0n) is 11.5. The first kappa shape index (κ1) is 14.1. The van der Waals surface area contributed by atoms with Crippen molar-refractivity contribution < 1.29 is 14.7 Å². The maximum absolute atomic E-state index is 11.9. The molecule has 1 heterocycles. The first-order chi connectivity index (χ1) is 9.08. The Labute approximate surface area is 113 Å². The van der Waals surface area contributed by atoms with Crippen LogP contribution in [-0.4, -0.2) is 65.2 Å². The molecule has 0 unspecified atom stereocenters. The Morgan fingerprint density at radius 2 is 1.74 bits per heavy atom. The first-order valence-electron chi connectivity index (χ1n) is 7.10. The van der Waals surface area contributed by atoms with E-state index < -0.39 is 12.0 Å². The zero-order valence-corrected chi connectivity index (χ0v) is 11.5. The molecule has 0 aromatic rings. The third kappa shape index (κ3) is 3.59. The van der Waals surface area contributed by atoms with Crippen molar-refractivity contribution in [3.63, 3.8) is 0 Å². The SMILES string of the molecule is C[C@H](NC(=O)N1CCN(C2CCCC2)CC1)C(=O)O. The fourth-order valence-electron chi connectivity index (χ4n) is 2.90. The predicted octanol–water partition coefficient (Wildman–Crippen LogP) is 0.729. The van der Waals surface area contributed by atoms with Gasteiger partial charge in [-0.15, -0.1) is 0 Å². The van der Waals surface area contributed by atoms with Gasteiger partial charge in [0, 0.05) is 32.2 Å². The number of piperazine rings is 1. The van der Waals surface area contributed by atoms with Gasteiger partial charge >= 0.3 is 12.0 Å². The van der Waals surface area contributed by atoms with E-state index in [1.807, 2.05) is 0 Å². The lowest BCUT2D eigenvalue weighted by Crippen LogP contribution is -2.55. The standard InChI is InChI=1S/C13H23N3O3/c1-10(12(17)18)14-13(19)16-8-6-15(7-9-16)11-4-2-3-5-11/h10-11H,2-9H2,1H3,(H,14,19)(H,17,18)/t10-/m0/s1. The molecule has 1 aliphatic carbocycles. The van der Waals surface area contributed by atoms with Crippen LogP contribution in [0, 0.1) is 0 Å². The third-order valence-corrected chi connectivity index (χ3v) is 4.15. The Balaban J connectivity index is 1.76. The minimum absolute atomic E-state index is 0.263. The normalized spacial score (nSPS) is 23.3. The van der Waals surface area contributed by atoms with Gasteiger partial charge in [0.1, 0.15) is 6.04 Å². The first-order valence-corrected chi connectivity index (χ1v) is 7.10. The summed E-state index contributed by atoms with van der Waals surface area (Å²) in [6, 6.07) is -0.399. The number of hydrogen-bond acceptors (Lipinski definition) is 3. The summed E-state index contributed by atoms with van der Waals surface area (Å²) in [5.41, 5.74) is 0. The Morgan fingerprint density at radius 3 is 2.26 bits per heavy atom. The molecule has 0 bridgehead atoms. The summed E-state index contributed by atoms with van der Waals surface area (Å²) in [5.74, 6) is -1.00. The van der Waals surface area contributed by atoms with Crippen LogP contribution in [0.3, 0.4) is 0 Å². The molecule has 2 rings (SSSR count). The van der Waals surface area contributed by atoms with Crippen molar-refractivity contribution in [1.82, 2.24) is 15.1 Å². The number of carboxylic acid groups (broad SMARTS) is 1. The van der Waals surface area contributed by atoms with E-state index in [4.69, 9.17) is 5.11 Å². The van der Waals surface area contributed by atoms with Crippen LogP contribution in [0.2, 0.25) is 0 Å². The van der Waals surface area contributed by atoms with Crippen molar-refractivity contribution in [2.24, 2.45) is 0 Å². The van der Waals surface area contributed by atoms with Gasteiger partial charge in [-0.25, -0.2) is 4.79 Å². The lowest BCUT2D eigenvalue weighted by molar-refractivity contribution is -0.138. The second-order valence-corrected chi connectivity index (χ2v) is 5.47. The molecule has 2 fully saturated rings. The van der Waals surface area contributed by atoms with Gasteiger partial charge in [0.25, 0.3) is 0 Å². The average Bonchev–Trinajstić information content (AvgIpc) is 2.92. The fraction of sp³-hybridized carbons (Fsp3) is 0.846. The molecule has 0 aromatic heterocycles. The minimum atomic E-state index is -1.00. The smallest absolute Gasteiger partial charge is 0.325 e. The largest absolute Gasteiger partial charge is 0.480 e. The van der Waals surface area contributed by atoms with E-state index in [0.29, 0.717) is 19.1 Å². The molecule has 2 N–H and O–H groups in total. The molecule has 0 radical (unpaired) electrons. The Bertz CT molecular complexity index is 334. The summed E-state index contributed by atoms with van der Waals surface area (Å²) < 4.78 is 0. The molecule has 2 amide bonds. The molecule has 0 aromatic carbocycles. The third-order valence-electron chi connectivity index (χ3n) is 4.15. The van der Waals surface area contributed by atoms with E-state index in [2.05, 4.69) is 10.2 Å². The zero-order chi connectivity index (χ0) is 13.8. The number of nitrogens with zero attached hydrogens (tertiary/aromatic N) is 2. The summed E-state index contributed by atoms with van der Waals surface area (Å²) in [6.45, 7) is 4.66. The van der Waals surface area contributed by atoms with Crippen LogP contribution in [0.5, 0.6) is 0 Å². The predicted molar refractivity (Wildman–Crippen MR) is 71.0 cm³/mol. The number of carbonyl (C=O) groups is 2. The second kappa shape index (κ2) is 6.23. The van der Waals surface area contributed by atoms with E-state index in [9.17, 15) is 9.59 Å². The van der Waals surface area contributed by atoms with Gasteiger partial charge in [-0.2, -0.15) is 0 Å². The molecule has 1 saturated heterocycles. The van der Waals surface area contributed by atoms with Crippen LogP contribution in [0.4, 0.5) is 4.79 Å². The summed E-state index contributed by atoms with van der Waals surface area (Å²) in [6.07, 6.45) is 5.20. The van der Waals surface area contributed by atoms with E-state index in [0.717, 1.165) is 13.1 Å². The number of carbonyl (C=O) groups excluding carboxylic acids is 1. The van der Waals surface area contributed by atoms with Gasteiger partial charge < -0.3 is 15.3 Å². The molecule has 19 heavy (non-hydrogen) atoms. The summed E-state index contributed by atoms with van der Waals surface area (Å²) >= 11 is 0. The molecule has 6 heteroatoms. The van der Waals surface area contributed by atoms with Crippen molar-refractivity contribution in [1.29, 1.82) is 0 Å². The Morgan fingerprint density at radius 1 is 1.16 bits per heavy atom. The van der Waals surface area contributed by atoms with Crippen molar-refractivity contribution >= 4 is 12.0 Å². The molecule has 1 atom stereocenters. The van der Waals surface area contributed by atoms with Crippen molar-refractivity contribution in [3.05, 3.63) is 0 Å². The second-order valence-electron chi connectivity index (χ2n) is 5.47. The van der Waals surface area contributed by atoms with Crippen LogP contribution in [0.1, 0.15) is 32.6 Å². The molecule has 1 aliphatic heterocycles. The van der Waals surface area contributed by atoms with Crippen LogP contribution in [0.25, 0.3) is 0 Å². The maximum Gasteiger partial charge on any atom is 0.325 e. The fourth-order valence-corrected chi connectivity index (χ4v) is 2.90. The van der Waals surface area contributed by atoms with Crippen molar-refractivity contribution in [2.75, 3.05) is 26.2 Å². The molecule has 1 saturated carbocycles. The number of nitrogens with one attached hydrogen (secondary N) is 1. The highest BCUT2D eigenvalue weighted by molar-refractivity contribution is 5.82. The minimum Gasteiger partial charge on any atom is -0.480 e. The quantitative estimate of drug-likeness (QED) is 0.792. The van der Waals surface area contributed by atoms with Gasteiger partial charge in [0.15, 0.2) is 0 Å². The van der Waals surface area contributed by atoms with Crippen LogP contribution in [0.15, 0.2) is 0 Å². The highest BCUT2D eigenvalue weighted by Gasteiger charge is 2.28. The molecule has 0 spiro atoms. The maximum atomic E-state index is 11.9. The lowest BCUT2D eigenvalue weighted by atomic mass is 10.2. The van der Waals surface area contributed by atoms with E-state index in [1.165, 1.54) is 32.6 Å². The highest BCUT2D eigenvalue weighted by Crippen LogP contribution is 2.24. The highest BCUT2D eigenvalue weighted by atomic mass is 16.4. The van der Waals surface area contributed by atoms with Crippen LogP contribution in [-0.2, 0) is 4.79 Å². The summed E-state index contributed by atoms with van der Waals surface area (Å²) in [5, 5.41) is 11.3. The Kier molecular flexibility index (Phi) is 4.63. The molecule has 6 nitrogen and oxygen atoms in total. The number of amides is 2. The van der Waals surface area contributed by atoms with Crippen LogP contribution >= 0.6 is 0 Å². The van der Waals surface area contributed by atoms with Gasteiger partial charge in [-0.05, 0) is 19.8 Å². The van der Waals surface area contributed by atoms with Crippen molar-refractivity contribution in [3.8, 4) is 0 Å². The summed E-state index contributed by atoms with van der Waals surface area (Å²) in [7, 11) is 0. The van der Waals surface area contributed by atoms with Gasteiger partial charge in [-0.3, -0.25) is 9.69 Å². The average molecular weight is 269 g/mol.